The Morgan fingerprint density at radius 3 is 2.81 bits per heavy atom. The summed E-state index contributed by atoms with van der Waals surface area (Å²) in [5.41, 5.74) is 6.10. The molecular formula is C12H17ClN2O. The van der Waals surface area contributed by atoms with Crippen molar-refractivity contribution in [2.24, 2.45) is 5.73 Å². The Hall–Kier alpha value is -0.800. The summed E-state index contributed by atoms with van der Waals surface area (Å²) in [7, 11) is 0. The molecular weight excluding hydrogens is 224 g/mol. The average Bonchev–Trinajstić information content (AvgIpc) is 2.29. The molecule has 0 aliphatic heterocycles. The van der Waals surface area contributed by atoms with E-state index in [0.29, 0.717) is 17.4 Å². The molecule has 0 atom stereocenters. The van der Waals surface area contributed by atoms with E-state index in [4.69, 9.17) is 22.1 Å². The molecule has 1 aliphatic carbocycles. The molecule has 1 aromatic heterocycles. The van der Waals surface area contributed by atoms with Gasteiger partial charge in [-0.15, -0.1) is 0 Å². The predicted molar refractivity (Wildman–Crippen MR) is 64.7 cm³/mol. The van der Waals surface area contributed by atoms with Crippen LogP contribution in [0.5, 0.6) is 5.75 Å². The van der Waals surface area contributed by atoms with E-state index in [2.05, 4.69) is 4.98 Å². The van der Waals surface area contributed by atoms with Gasteiger partial charge in [0.1, 0.15) is 17.4 Å². The summed E-state index contributed by atoms with van der Waals surface area (Å²) in [5, 5.41) is 0.543. The van der Waals surface area contributed by atoms with Gasteiger partial charge in [0, 0.05) is 18.5 Å². The van der Waals surface area contributed by atoms with E-state index in [1.165, 1.54) is 19.3 Å². The smallest absolute Gasteiger partial charge is 0.141 e. The summed E-state index contributed by atoms with van der Waals surface area (Å²) in [5.74, 6) is 0.673. The molecule has 1 aliphatic rings. The molecule has 0 spiro atoms. The maximum atomic E-state index is 6.27. The number of hydrogen-bond donors (Lipinski definition) is 1. The van der Waals surface area contributed by atoms with Crippen LogP contribution in [0.15, 0.2) is 18.5 Å². The standard InChI is InChI=1S/C12H17ClN2O/c13-10-8-15-7-4-11(10)16-9-12(14)5-2-1-3-6-12/h4,7-8H,1-3,5-6,9,14H2. The number of ether oxygens (including phenoxy) is 1. The van der Waals surface area contributed by atoms with Crippen molar-refractivity contribution >= 4 is 11.6 Å². The van der Waals surface area contributed by atoms with Crippen LogP contribution in [0.2, 0.25) is 5.02 Å². The average molecular weight is 241 g/mol. The molecule has 0 amide bonds. The Morgan fingerprint density at radius 1 is 1.38 bits per heavy atom. The largest absolute Gasteiger partial charge is 0.490 e. The van der Waals surface area contributed by atoms with Crippen LogP contribution < -0.4 is 10.5 Å². The second-order valence-electron chi connectivity index (χ2n) is 4.52. The van der Waals surface area contributed by atoms with Gasteiger partial charge in [-0.3, -0.25) is 4.98 Å². The lowest BCUT2D eigenvalue weighted by atomic mass is 9.83. The first-order valence-corrected chi connectivity index (χ1v) is 6.09. The van der Waals surface area contributed by atoms with Gasteiger partial charge >= 0.3 is 0 Å². The Kier molecular flexibility index (Phi) is 3.66. The van der Waals surface area contributed by atoms with Crippen molar-refractivity contribution in [1.29, 1.82) is 0 Å². The van der Waals surface area contributed by atoms with Crippen LogP contribution in [0, 0.1) is 0 Å². The minimum absolute atomic E-state index is 0.176. The number of rotatable bonds is 3. The van der Waals surface area contributed by atoms with E-state index in [0.717, 1.165) is 12.8 Å². The first kappa shape index (κ1) is 11.7. The third kappa shape index (κ3) is 2.86. The molecule has 1 saturated carbocycles. The van der Waals surface area contributed by atoms with Crippen molar-refractivity contribution in [3.05, 3.63) is 23.5 Å². The summed E-state index contributed by atoms with van der Waals surface area (Å²) in [6, 6.07) is 1.77. The van der Waals surface area contributed by atoms with Gasteiger partial charge in [0.15, 0.2) is 0 Å². The first-order chi connectivity index (χ1) is 7.70. The van der Waals surface area contributed by atoms with Gasteiger partial charge in [0.2, 0.25) is 0 Å². The Labute approximate surface area is 101 Å². The molecule has 0 bridgehead atoms. The molecule has 3 nitrogen and oxygen atoms in total. The van der Waals surface area contributed by atoms with E-state index < -0.39 is 0 Å². The Bertz CT molecular complexity index is 351. The first-order valence-electron chi connectivity index (χ1n) is 5.71. The highest BCUT2D eigenvalue weighted by atomic mass is 35.5. The normalized spacial score (nSPS) is 19.4. The topological polar surface area (TPSA) is 48.1 Å². The molecule has 1 aromatic rings. The lowest BCUT2D eigenvalue weighted by molar-refractivity contribution is 0.174. The zero-order valence-electron chi connectivity index (χ0n) is 9.29. The number of halogens is 1. The van der Waals surface area contributed by atoms with Crippen molar-refractivity contribution < 1.29 is 4.74 Å². The van der Waals surface area contributed by atoms with Crippen LogP contribution in [-0.2, 0) is 0 Å². The molecule has 0 unspecified atom stereocenters. The minimum atomic E-state index is -0.176. The third-order valence-corrected chi connectivity index (χ3v) is 3.38. The van der Waals surface area contributed by atoms with Crippen LogP contribution >= 0.6 is 11.6 Å². The van der Waals surface area contributed by atoms with Crippen LogP contribution in [0.3, 0.4) is 0 Å². The van der Waals surface area contributed by atoms with Crippen LogP contribution in [0.25, 0.3) is 0 Å². The highest BCUT2D eigenvalue weighted by Gasteiger charge is 2.28. The highest BCUT2D eigenvalue weighted by Crippen LogP contribution is 2.28. The summed E-state index contributed by atoms with van der Waals surface area (Å²) in [6.07, 6.45) is 9.01. The molecule has 1 fully saturated rings. The van der Waals surface area contributed by atoms with Crippen molar-refractivity contribution in [3.8, 4) is 5.75 Å². The number of aromatic nitrogens is 1. The van der Waals surface area contributed by atoms with Gasteiger partial charge < -0.3 is 10.5 Å². The Balaban J connectivity index is 1.94. The van der Waals surface area contributed by atoms with Gasteiger partial charge in [0.25, 0.3) is 0 Å². The van der Waals surface area contributed by atoms with Crippen molar-refractivity contribution in [1.82, 2.24) is 4.98 Å². The van der Waals surface area contributed by atoms with Crippen LogP contribution in [0.4, 0.5) is 0 Å². The van der Waals surface area contributed by atoms with Gasteiger partial charge in [-0.25, -0.2) is 0 Å². The molecule has 0 radical (unpaired) electrons. The highest BCUT2D eigenvalue weighted by molar-refractivity contribution is 6.31. The lowest BCUT2D eigenvalue weighted by Crippen LogP contribution is -2.47. The quantitative estimate of drug-likeness (QED) is 0.884. The number of nitrogens with zero attached hydrogens (tertiary/aromatic N) is 1. The zero-order valence-corrected chi connectivity index (χ0v) is 10.0. The molecule has 2 rings (SSSR count). The monoisotopic (exact) mass is 240 g/mol. The maximum absolute atomic E-state index is 6.27. The van der Waals surface area contributed by atoms with E-state index in [1.807, 2.05) is 0 Å². The van der Waals surface area contributed by atoms with Crippen LogP contribution in [0.1, 0.15) is 32.1 Å². The lowest BCUT2D eigenvalue weighted by Gasteiger charge is -2.33. The van der Waals surface area contributed by atoms with Gasteiger partial charge in [-0.2, -0.15) is 0 Å². The fourth-order valence-corrected chi connectivity index (χ4v) is 2.28. The zero-order chi connectivity index (χ0) is 11.4. The SMILES string of the molecule is NC1(COc2ccncc2Cl)CCCCC1. The van der Waals surface area contributed by atoms with Gasteiger partial charge in [-0.1, -0.05) is 30.9 Å². The van der Waals surface area contributed by atoms with Crippen molar-refractivity contribution in [2.45, 2.75) is 37.6 Å². The summed E-state index contributed by atoms with van der Waals surface area (Å²) in [6.45, 7) is 0.538. The van der Waals surface area contributed by atoms with Crippen molar-refractivity contribution in [3.63, 3.8) is 0 Å². The van der Waals surface area contributed by atoms with E-state index in [9.17, 15) is 0 Å². The molecule has 88 valence electrons. The predicted octanol–water partition coefficient (Wildman–Crippen LogP) is 2.78. The summed E-state index contributed by atoms with van der Waals surface area (Å²) >= 11 is 5.96. The third-order valence-electron chi connectivity index (χ3n) is 3.10. The molecule has 1 heterocycles. The fraction of sp³-hybridized carbons (Fsp3) is 0.583. The second-order valence-corrected chi connectivity index (χ2v) is 4.93. The van der Waals surface area contributed by atoms with E-state index in [1.54, 1.807) is 18.5 Å². The number of hydrogen-bond acceptors (Lipinski definition) is 3. The second kappa shape index (κ2) is 5.02. The van der Waals surface area contributed by atoms with Crippen LogP contribution in [-0.4, -0.2) is 17.1 Å². The Morgan fingerprint density at radius 2 is 2.12 bits per heavy atom. The molecule has 0 aromatic carbocycles. The molecule has 4 heteroatoms. The fourth-order valence-electron chi connectivity index (χ4n) is 2.10. The summed E-state index contributed by atoms with van der Waals surface area (Å²) < 4.78 is 5.68. The number of nitrogens with two attached hydrogens (primary N) is 1. The van der Waals surface area contributed by atoms with E-state index in [-0.39, 0.29) is 5.54 Å². The van der Waals surface area contributed by atoms with Crippen molar-refractivity contribution in [2.75, 3.05) is 6.61 Å². The molecule has 16 heavy (non-hydrogen) atoms. The van der Waals surface area contributed by atoms with E-state index >= 15 is 0 Å². The molecule has 2 N–H and O–H groups in total. The molecule has 0 saturated heterocycles. The maximum Gasteiger partial charge on any atom is 0.141 e. The van der Waals surface area contributed by atoms with Gasteiger partial charge in [-0.05, 0) is 12.8 Å². The minimum Gasteiger partial charge on any atom is -0.490 e. The number of pyridine rings is 1. The van der Waals surface area contributed by atoms with Gasteiger partial charge in [0.05, 0.1) is 5.54 Å². The summed E-state index contributed by atoms with van der Waals surface area (Å²) in [4.78, 5) is 3.91.